The molecule has 0 radical (unpaired) electrons. The Morgan fingerprint density at radius 1 is 0.947 bits per heavy atom. The lowest BCUT2D eigenvalue weighted by molar-refractivity contribution is -0.206. The predicted octanol–water partition coefficient (Wildman–Crippen LogP) is 3.78. The molecule has 4 aliphatic rings. The van der Waals surface area contributed by atoms with Crippen molar-refractivity contribution in [2.75, 3.05) is 0 Å². The summed E-state index contributed by atoms with van der Waals surface area (Å²) < 4.78 is 0. The Labute approximate surface area is 118 Å². The Balaban J connectivity index is 1.59. The van der Waals surface area contributed by atoms with Crippen molar-refractivity contribution in [3.8, 4) is 0 Å². The number of hydrogen-bond donors (Lipinski definition) is 1. The Kier molecular flexibility index (Phi) is 2.67. The van der Waals surface area contributed by atoms with Crippen LogP contribution >= 0.6 is 0 Å². The van der Waals surface area contributed by atoms with Gasteiger partial charge in [-0.2, -0.15) is 0 Å². The molecule has 0 aromatic carbocycles. The van der Waals surface area contributed by atoms with Crippen LogP contribution in [0.5, 0.6) is 0 Å². The van der Waals surface area contributed by atoms with Crippen LogP contribution in [-0.2, 0) is 0 Å². The molecule has 0 heterocycles. The van der Waals surface area contributed by atoms with E-state index in [0.717, 1.165) is 59.2 Å². The fraction of sp³-hybridized carbons (Fsp3) is 1.00. The number of rotatable bonds is 2. The molecule has 4 fully saturated rings. The van der Waals surface area contributed by atoms with E-state index in [1.54, 1.807) is 0 Å². The van der Waals surface area contributed by atoms with Crippen LogP contribution < -0.4 is 5.73 Å². The number of hydrogen-bond acceptors (Lipinski definition) is 1. The van der Waals surface area contributed by atoms with Crippen molar-refractivity contribution in [2.45, 2.75) is 53.0 Å². The lowest BCUT2D eigenvalue weighted by Crippen LogP contribution is -2.70. The number of fused-ring (bicyclic) bond motifs is 3. The monoisotopic (exact) mass is 261 g/mol. The molecule has 19 heavy (non-hydrogen) atoms. The standard InChI is InChI=1S/C18H31N/c1-8(2)13-12-7-9(3)14-10(4)15(11-5-6-11)17(14)16(12)18(13)19/h8-18H,5-7,19H2,1-4H3. The Hall–Kier alpha value is -0.0400. The fourth-order valence-electron chi connectivity index (χ4n) is 7.02. The normalized spacial score (nSPS) is 60.0. The van der Waals surface area contributed by atoms with Crippen molar-refractivity contribution >= 4 is 0 Å². The van der Waals surface area contributed by atoms with Gasteiger partial charge in [0.15, 0.2) is 0 Å². The Bertz CT molecular complexity index is 366. The third kappa shape index (κ3) is 1.51. The second kappa shape index (κ2) is 4.00. The molecule has 4 aliphatic carbocycles. The molecule has 0 aromatic heterocycles. The van der Waals surface area contributed by atoms with Crippen molar-refractivity contribution < 1.29 is 0 Å². The average molecular weight is 261 g/mol. The van der Waals surface area contributed by atoms with Crippen LogP contribution in [0, 0.1) is 59.2 Å². The molecule has 0 amide bonds. The molecule has 4 rings (SSSR count). The third-order valence-corrected chi connectivity index (χ3v) is 7.66. The summed E-state index contributed by atoms with van der Waals surface area (Å²) >= 11 is 0. The molecule has 0 saturated heterocycles. The zero-order valence-electron chi connectivity index (χ0n) is 13.0. The second-order valence-electron chi connectivity index (χ2n) is 8.78. The summed E-state index contributed by atoms with van der Waals surface area (Å²) in [6, 6.07) is 0.527. The summed E-state index contributed by atoms with van der Waals surface area (Å²) in [7, 11) is 0. The molecule has 0 aliphatic heterocycles. The van der Waals surface area contributed by atoms with Gasteiger partial charge in [-0.3, -0.25) is 0 Å². The summed E-state index contributed by atoms with van der Waals surface area (Å²) in [5, 5.41) is 0. The van der Waals surface area contributed by atoms with Crippen molar-refractivity contribution in [1.29, 1.82) is 0 Å². The van der Waals surface area contributed by atoms with Gasteiger partial charge >= 0.3 is 0 Å². The Morgan fingerprint density at radius 3 is 2.21 bits per heavy atom. The van der Waals surface area contributed by atoms with Crippen LogP contribution in [0.25, 0.3) is 0 Å². The largest absolute Gasteiger partial charge is 0.327 e. The van der Waals surface area contributed by atoms with E-state index in [0.29, 0.717) is 6.04 Å². The van der Waals surface area contributed by atoms with Gasteiger partial charge in [0.2, 0.25) is 0 Å². The van der Waals surface area contributed by atoms with E-state index in [-0.39, 0.29) is 0 Å². The first kappa shape index (κ1) is 12.7. The van der Waals surface area contributed by atoms with Crippen LogP contribution in [-0.4, -0.2) is 6.04 Å². The molecule has 2 N–H and O–H groups in total. The Morgan fingerprint density at radius 2 is 1.63 bits per heavy atom. The third-order valence-electron chi connectivity index (χ3n) is 7.66. The van der Waals surface area contributed by atoms with Crippen LogP contribution in [0.4, 0.5) is 0 Å². The van der Waals surface area contributed by atoms with E-state index in [4.69, 9.17) is 5.73 Å². The van der Waals surface area contributed by atoms with Crippen LogP contribution in [0.2, 0.25) is 0 Å². The minimum atomic E-state index is 0.527. The summed E-state index contributed by atoms with van der Waals surface area (Å²) in [5.41, 5.74) is 6.64. The van der Waals surface area contributed by atoms with Gasteiger partial charge in [0, 0.05) is 6.04 Å². The average Bonchev–Trinajstić information content (AvgIpc) is 3.11. The molecule has 4 saturated carbocycles. The first-order valence-electron chi connectivity index (χ1n) is 8.78. The van der Waals surface area contributed by atoms with E-state index >= 15 is 0 Å². The van der Waals surface area contributed by atoms with Gasteiger partial charge < -0.3 is 5.73 Å². The van der Waals surface area contributed by atoms with Gasteiger partial charge in [0.25, 0.3) is 0 Å². The highest BCUT2D eigenvalue weighted by Gasteiger charge is 2.66. The molecule has 1 heteroatoms. The minimum absolute atomic E-state index is 0.527. The highest BCUT2D eigenvalue weighted by molar-refractivity contribution is 5.16. The maximum absolute atomic E-state index is 6.64. The first-order chi connectivity index (χ1) is 9.02. The summed E-state index contributed by atoms with van der Waals surface area (Å²) in [5.74, 6) is 9.62. The quantitative estimate of drug-likeness (QED) is 0.804. The zero-order chi connectivity index (χ0) is 13.5. The molecule has 0 spiro atoms. The van der Waals surface area contributed by atoms with Gasteiger partial charge in [-0.05, 0) is 78.4 Å². The van der Waals surface area contributed by atoms with E-state index in [9.17, 15) is 0 Å². The number of nitrogens with two attached hydrogens (primary N) is 1. The summed E-state index contributed by atoms with van der Waals surface area (Å²) in [4.78, 5) is 0. The van der Waals surface area contributed by atoms with Crippen LogP contribution in [0.15, 0.2) is 0 Å². The van der Waals surface area contributed by atoms with Gasteiger partial charge in [0.05, 0.1) is 0 Å². The SMILES string of the molecule is CC(C)C1C(N)C2C1CC(C)C1C(C)C(C3CC3)C12. The van der Waals surface area contributed by atoms with Crippen molar-refractivity contribution in [3.05, 3.63) is 0 Å². The topological polar surface area (TPSA) is 26.0 Å². The molecule has 0 aromatic rings. The van der Waals surface area contributed by atoms with E-state index < -0.39 is 0 Å². The maximum Gasteiger partial charge on any atom is 0.0106 e. The van der Waals surface area contributed by atoms with Crippen LogP contribution in [0.3, 0.4) is 0 Å². The van der Waals surface area contributed by atoms with Gasteiger partial charge in [-0.1, -0.05) is 27.7 Å². The molecular formula is C18H31N. The molecule has 1 nitrogen and oxygen atoms in total. The predicted molar refractivity (Wildman–Crippen MR) is 79.4 cm³/mol. The van der Waals surface area contributed by atoms with Gasteiger partial charge in [-0.15, -0.1) is 0 Å². The van der Waals surface area contributed by atoms with Gasteiger partial charge in [-0.25, -0.2) is 0 Å². The zero-order valence-corrected chi connectivity index (χ0v) is 13.0. The summed E-state index contributed by atoms with van der Waals surface area (Å²) in [6.07, 6.45) is 4.52. The van der Waals surface area contributed by atoms with Crippen molar-refractivity contribution in [1.82, 2.24) is 0 Å². The summed E-state index contributed by atoms with van der Waals surface area (Å²) in [6.45, 7) is 9.86. The van der Waals surface area contributed by atoms with Crippen molar-refractivity contribution in [3.63, 3.8) is 0 Å². The van der Waals surface area contributed by atoms with E-state index in [1.165, 1.54) is 19.3 Å². The highest BCUT2D eigenvalue weighted by atomic mass is 14.8. The molecule has 9 unspecified atom stereocenters. The van der Waals surface area contributed by atoms with E-state index in [1.807, 2.05) is 0 Å². The van der Waals surface area contributed by atoms with Crippen LogP contribution in [0.1, 0.15) is 47.0 Å². The fourth-order valence-corrected chi connectivity index (χ4v) is 7.02. The molecule has 0 bridgehead atoms. The lowest BCUT2D eigenvalue weighted by atomic mass is 9.36. The van der Waals surface area contributed by atoms with E-state index in [2.05, 4.69) is 27.7 Å². The molecular weight excluding hydrogens is 230 g/mol. The first-order valence-corrected chi connectivity index (χ1v) is 8.78. The second-order valence-corrected chi connectivity index (χ2v) is 8.78. The maximum atomic E-state index is 6.64. The highest BCUT2D eigenvalue weighted by Crippen LogP contribution is 2.69. The van der Waals surface area contributed by atoms with Crippen molar-refractivity contribution in [2.24, 2.45) is 64.9 Å². The molecule has 9 atom stereocenters. The lowest BCUT2D eigenvalue weighted by Gasteiger charge is -2.70. The molecule has 108 valence electrons. The van der Waals surface area contributed by atoms with Gasteiger partial charge in [0.1, 0.15) is 0 Å². The smallest absolute Gasteiger partial charge is 0.0106 e. The minimum Gasteiger partial charge on any atom is -0.327 e.